The number of carbonyl (C=O) groups excluding carboxylic acids is 1. The van der Waals surface area contributed by atoms with Gasteiger partial charge in [-0.3, -0.25) is 4.79 Å². The Labute approximate surface area is 205 Å². The second kappa shape index (κ2) is 9.06. The molecule has 0 radical (unpaired) electrons. The summed E-state index contributed by atoms with van der Waals surface area (Å²) in [7, 11) is 3.28. The fourth-order valence-electron chi connectivity index (χ4n) is 4.97. The number of aryl methyl sites for hydroxylation is 1. The van der Waals surface area contributed by atoms with Gasteiger partial charge in [0.15, 0.2) is 17.1 Å². The molecule has 1 unspecified atom stereocenters. The number of ether oxygens (including phenoxy) is 2. The van der Waals surface area contributed by atoms with Gasteiger partial charge in [0.2, 0.25) is 0 Å². The van der Waals surface area contributed by atoms with Crippen LogP contribution in [-0.4, -0.2) is 46.3 Å². The average molecular weight is 471 g/mol. The number of nitrogens with zero attached hydrogens (tertiary/aromatic N) is 4. The Morgan fingerprint density at radius 2 is 1.77 bits per heavy atom. The van der Waals surface area contributed by atoms with Crippen molar-refractivity contribution in [3.05, 3.63) is 82.7 Å². The van der Waals surface area contributed by atoms with Gasteiger partial charge in [-0.05, 0) is 62.1 Å². The summed E-state index contributed by atoms with van der Waals surface area (Å²) in [5.74, 6) is 1.32. The summed E-state index contributed by atoms with van der Waals surface area (Å²) in [6.07, 6.45) is 2.51. The lowest BCUT2D eigenvalue weighted by atomic mass is 9.87. The van der Waals surface area contributed by atoms with Crippen LogP contribution in [0.25, 0.3) is 11.0 Å². The van der Waals surface area contributed by atoms with Crippen LogP contribution in [-0.2, 0) is 6.42 Å². The summed E-state index contributed by atoms with van der Waals surface area (Å²) >= 11 is 0. The summed E-state index contributed by atoms with van der Waals surface area (Å²) < 4.78 is 13.0. The third kappa shape index (κ3) is 3.91. The fourth-order valence-corrected chi connectivity index (χ4v) is 4.97. The van der Waals surface area contributed by atoms with Crippen molar-refractivity contribution in [3.8, 4) is 11.5 Å². The Kier molecular flexibility index (Phi) is 5.93. The molecule has 180 valence electrons. The molecule has 2 aromatic heterocycles. The van der Waals surface area contributed by atoms with Gasteiger partial charge in [-0.1, -0.05) is 30.3 Å². The molecule has 1 amide bonds. The van der Waals surface area contributed by atoms with Gasteiger partial charge >= 0.3 is 0 Å². The van der Waals surface area contributed by atoms with Crippen LogP contribution in [0, 0.1) is 6.92 Å². The van der Waals surface area contributed by atoms with Crippen molar-refractivity contribution in [1.29, 1.82) is 0 Å². The zero-order valence-corrected chi connectivity index (χ0v) is 20.8. The van der Waals surface area contributed by atoms with E-state index in [-0.39, 0.29) is 18.0 Å². The Morgan fingerprint density at radius 3 is 2.46 bits per heavy atom. The minimum atomic E-state index is -0.249. The van der Waals surface area contributed by atoms with E-state index in [4.69, 9.17) is 14.5 Å². The molecule has 35 heavy (non-hydrogen) atoms. The molecule has 0 N–H and O–H groups in total. The summed E-state index contributed by atoms with van der Waals surface area (Å²) in [5.41, 5.74) is 5.36. The van der Waals surface area contributed by atoms with E-state index in [1.807, 2.05) is 52.9 Å². The maximum Gasteiger partial charge on any atom is 0.256 e. The van der Waals surface area contributed by atoms with Gasteiger partial charge in [0, 0.05) is 18.0 Å². The van der Waals surface area contributed by atoms with Gasteiger partial charge in [-0.25, -0.2) is 9.67 Å². The summed E-state index contributed by atoms with van der Waals surface area (Å²) in [4.78, 5) is 20.8. The van der Waals surface area contributed by atoms with Crippen LogP contribution in [0.4, 0.5) is 0 Å². The average Bonchev–Trinajstić information content (AvgIpc) is 3.29. The Morgan fingerprint density at radius 1 is 1.06 bits per heavy atom. The van der Waals surface area contributed by atoms with Gasteiger partial charge in [0.05, 0.1) is 37.7 Å². The van der Waals surface area contributed by atoms with Crippen LogP contribution >= 0.6 is 0 Å². The number of benzene rings is 2. The van der Waals surface area contributed by atoms with E-state index in [1.165, 1.54) is 0 Å². The first-order valence-corrected chi connectivity index (χ1v) is 11.9. The molecule has 1 atom stereocenters. The number of hydrogen-bond acceptors (Lipinski definition) is 5. The van der Waals surface area contributed by atoms with Crippen LogP contribution in [0.3, 0.4) is 0 Å². The highest BCUT2D eigenvalue weighted by Gasteiger charge is 2.34. The number of aromatic nitrogens is 3. The minimum Gasteiger partial charge on any atom is -0.493 e. The number of carbonyl (C=O) groups is 1. The zero-order valence-electron chi connectivity index (χ0n) is 20.8. The van der Waals surface area contributed by atoms with Crippen LogP contribution in [0.5, 0.6) is 11.5 Å². The van der Waals surface area contributed by atoms with Crippen molar-refractivity contribution in [2.45, 2.75) is 39.3 Å². The molecule has 0 fully saturated rings. The van der Waals surface area contributed by atoms with Gasteiger partial charge in [-0.2, -0.15) is 5.10 Å². The third-order valence-electron chi connectivity index (χ3n) is 6.73. The number of fused-ring (bicyclic) bond motifs is 2. The molecule has 0 aliphatic carbocycles. The van der Waals surface area contributed by atoms with Crippen molar-refractivity contribution < 1.29 is 14.3 Å². The zero-order chi connectivity index (χ0) is 24.7. The number of pyridine rings is 1. The lowest BCUT2D eigenvalue weighted by Crippen LogP contribution is -2.41. The Bertz CT molecular complexity index is 1390. The molecular formula is C28H30N4O3. The maximum absolute atomic E-state index is 14.1. The monoisotopic (exact) mass is 470 g/mol. The van der Waals surface area contributed by atoms with Gasteiger partial charge in [0.1, 0.15) is 0 Å². The Balaban J connectivity index is 1.62. The van der Waals surface area contributed by atoms with E-state index < -0.39 is 0 Å². The predicted molar refractivity (Wildman–Crippen MR) is 135 cm³/mol. The molecule has 2 aromatic carbocycles. The highest BCUT2D eigenvalue weighted by atomic mass is 16.5. The van der Waals surface area contributed by atoms with Crippen molar-refractivity contribution in [2.75, 3.05) is 20.8 Å². The van der Waals surface area contributed by atoms with Crippen molar-refractivity contribution >= 4 is 16.9 Å². The number of amides is 1. The van der Waals surface area contributed by atoms with Crippen molar-refractivity contribution in [2.24, 2.45) is 0 Å². The van der Waals surface area contributed by atoms with Crippen molar-refractivity contribution in [3.63, 3.8) is 0 Å². The van der Waals surface area contributed by atoms with E-state index in [2.05, 4.69) is 31.1 Å². The molecule has 4 aromatic rings. The van der Waals surface area contributed by atoms with E-state index in [0.717, 1.165) is 34.1 Å². The lowest BCUT2D eigenvalue weighted by Gasteiger charge is -2.38. The standard InChI is InChI=1S/C28H30N4O3/c1-17(2)32-27-21(16-29-32)13-22(18(3)30-27)28(33)31-12-11-20-14-24(34-4)25(35-5)15-23(20)26(31)19-9-7-6-8-10-19/h6-10,13-17,26H,11-12H2,1-5H3. The first-order chi connectivity index (χ1) is 16.9. The van der Waals surface area contributed by atoms with E-state index in [1.54, 1.807) is 20.4 Å². The molecule has 1 aliphatic heterocycles. The lowest BCUT2D eigenvalue weighted by molar-refractivity contribution is 0.0693. The normalized spacial score (nSPS) is 15.4. The van der Waals surface area contributed by atoms with E-state index in [9.17, 15) is 4.79 Å². The second-order valence-electron chi connectivity index (χ2n) is 9.18. The van der Waals surface area contributed by atoms with Crippen LogP contribution < -0.4 is 9.47 Å². The quantitative estimate of drug-likeness (QED) is 0.405. The summed E-state index contributed by atoms with van der Waals surface area (Å²) in [6, 6.07) is 16.0. The molecule has 7 heteroatoms. The maximum atomic E-state index is 14.1. The van der Waals surface area contributed by atoms with Crippen LogP contribution in [0.2, 0.25) is 0 Å². The SMILES string of the molecule is COc1cc2c(cc1OC)C(c1ccccc1)N(C(=O)c1cc3cnn(C(C)C)c3nc1C)CC2. The van der Waals surface area contributed by atoms with Crippen molar-refractivity contribution in [1.82, 2.24) is 19.7 Å². The van der Waals surface area contributed by atoms with Gasteiger partial charge in [0.25, 0.3) is 5.91 Å². The highest BCUT2D eigenvalue weighted by Crippen LogP contribution is 2.41. The van der Waals surface area contributed by atoms with E-state index >= 15 is 0 Å². The highest BCUT2D eigenvalue weighted by molar-refractivity contribution is 5.99. The molecule has 0 saturated heterocycles. The number of methoxy groups -OCH3 is 2. The van der Waals surface area contributed by atoms with Crippen LogP contribution in [0.1, 0.15) is 58.7 Å². The molecule has 3 heterocycles. The molecule has 7 nitrogen and oxygen atoms in total. The predicted octanol–water partition coefficient (Wildman–Crippen LogP) is 5.13. The molecule has 0 bridgehead atoms. The molecule has 5 rings (SSSR count). The molecular weight excluding hydrogens is 440 g/mol. The number of hydrogen-bond donors (Lipinski definition) is 0. The molecule has 0 saturated carbocycles. The summed E-state index contributed by atoms with van der Waals surface area (Å²) in [5, 5.41) is 5.35. The molecule has 1 aliphatic rings. The van der Waals surface area contributed by atoms with Gasteiger partial charge in [-0.15, -0.1) is 0 Å². The number of rotatable bonds is 5. The first kappa shape index (κ1) is 22.9. The largest absolute Gasteiger partial charge is 0.493 e. The fraction of sp³-hybridized carbons (Fsp3) is 0.321. The van der Waals surface area contributed by atoms with Crippen LogP contribution in [0.15, 0.2) is 54.7 Å². The molecule has 0 spiro atoms. The minimum absolute atomic E-state index is 0.0384. The second-order valence-corrected chi connectivity index (χ2v) is 9.18. The van der Waals surface area contributed by atoms with E-state index in [0.29, 0.717) is 29.3 Å². The third-order valence-corrected chi connectivity index (χ3v) is 6.73. The summed E-state index contributed by atoms with van der Waals surface area (Å²) in [6.45, 7) is 6.63. The topological polar surface area (TPSA) is 69.5 Å². The Hall–Kier alpha value is -3.87. The first-order valence-electron chi connectivity index (χ1n) is 11.9. The van der Waals surface area contributed by atoms with Gasteiger partial charge < -0.3 is 14.4 Å². The smallest absolute Gasteiger partial charge is 0.256 e.